The van der Waals surface area contributed by atoms with Gasteiger partial charge in [0.05, 0.1) is 0 Å². The molecule has 0 fully saturated rings. The highest BCUT2D eigenvalue weighted by Crippen LogP contribution is 2.28. The molecule has 0 bridgehead atoms. The van der Waals surface area contributed by atoms with E-state index in [0.717, 1.165) is 21.8 Å². The van der Waals surface area contributed by atoms with Crippen LogP contribution < -0.4 is 0 Å². The molecular weight excluding hydrogens is 330 g/mol. The van der Waals surface area contributed by atoms with E-state index in [4.69, 9.17) is 5.11 Å². The number of nitrogens with zero attached hydrogens (tertiary/aromatic N) is 2. The maximum absolute atomic E-state index is 11.0. The molecule has 0 saturated carbocycles. The molecule has 19 heavy (non-hydrogen) atoms. The molecule has 100 valence electrons. The van der Waals surface area contributed by atoms with Crippen LogP contribution in [0.25, 0.3) is 11.4 Å². The summed E-state index contributed by atoms with van der Waals surface area (Å²) in [6.45, 7) is 1.83. The number of rotatable bonds is 5. The van der Waals surface area contributed by atoms with Crippen molar-refractivity contribution >= 4 is 33.7 Å². The van der Waals surface area contributed by atoms with Crippen LogP contribution in [-0.2, 0) is 4.79 Å². The van der Waals surface area contributed by atoms with E-state index in [-0.39, 0.29) is 0 Å². The summed E-state index contributed by atoms with van der Waals surface area (Å²) < 4.78 is 0.910. The number of aromatic amines is 1. The lowest BCUT2D eigenvalue weighted by molar-refractivity contribution is -0.136. The van der Waals surface area contributed by atoms with Gasteiger partial charge < -0.3 is 5.11 Å². The van der Waals surface area contributed by atoms with Gasteiger partial charge in [-0.2, -0.15) is 0 Å². The summed E-state index contributed by atoms with van der Waals surface area (Å²) in [4.78, 5) is 15.3. The van der Waals surface area contributed by atoms with E-state index in [0.29, 0.717) is 17.4 Å². The molecule has 0 amide bonds. The molecule has 1 aromatic heterocycles. The van der Waals surface area contributed by atoms with Crippen molar-refractivity contribution in [2.24, 2.45) is 0 Å². The summed E-state index contributed by atoms with van der Waals surface area (Å²) >= 11 is 4.59. The number of carboxylic acid groups (broad SMARTS) is 1. The number of H-pyrrole nitrogens is 1. The average Bonchev–Trinajstić information content (AvgIpc) is 2.84. The number of hydrogen-bond donors (Lipinski definition) is 2. The summed E-state index contributed by atoms with van der Waals surface area (Å²) in [5.41, 5.74) is 0.894. The number of nitrogens with one attached hydrogen (secondary N) is 1. The van der Waals surface area contributed by atoms with Crippen LogP contribution in [0.3, 0.4) is 0 Å². The largest absolute Gasteiger partial charge is 0.480 e. The van der Waals surface area contributed by atoms with Crippen molar-refractivity contribution in [1.29, 1.82) is 0 Å². The van der Waals surface area contributed by atoms with E-state index in [1.165, 1.54) is 0 Å². The summed E-state index contributed by atoms with van der Waals surface area (Å²) in [6.07, 6.45) is 0.527. The lowest BCUT2D eigenvalue weighted by atomic mass is 10.2. The van der Waals surface area contributed by atoms with Crippen molar-refractivity contribution in [1.82, 2.24) is 15.2 Å². The van der Waals surface area contributed by atoms with Crippen LogP contribution in [0, 0.1) is 0 Å². The zero-order chi connectivity index (χ0) is 13.8. The number of benzene rings is 1. The molecule has 1 aromatic carbocycles. The standard InChI is InChI=1S/C12H12BrN3O2S/c1-2-9(11(17)18)19-12-14-10(15-16-12)7-5-3-4-6-8(7)13/h3-6,9H,2H2,1H3,(H,17,18)(H,14,15,16). The summed E-state index contributed by atoms with van der Waals surface area (Å²) in [5.74, 6) is -0.227. The first kappa shape index (κ1) is 14.1. The first-order valence-corrected chi connectivity index (χ1v) is 7.35. The van der Waals surface area contributed by atoms with Crippen LogP contribution in [0.2, 0.25) is 0 Å². The molecule has 0 aliphatic carbocycles. The first-order chi connectivity index (χ1) is 9.11. The number of halogens is 1. The number of aliphatic carboxylic acids is 1. The van der Waals surface area contributed by atoms with Crippen LogP contribution >= 0.6 is 27.7 Å². The Bertz CT molecular complexity index is 588. The molecule has 0 radical (unpaired) electrons. The topological polar surface area (TPSA) is 78.9 Å². The quantitative estimate of drug-likeness (QED) is 0.816. The Morgan fingerprint density at radius 3 is 2.89 bits per heavy atom. The van der Waals surface area contributed by atoms with E-state index in [1.54, 1.807) is 0 Å². The molecule has 0 spiro atoms. The van der Waals surface area contributed by atoms with Crippen LogP contribution in [0.1, 0.15) is 13.3 Å². The van der Waals surface area contributed by atoms with E-state index in [2.05, 4.69) is 31.1 Å². The van der Waals surface area contributed by atoms with Gasteiger partial charge in [0.15, 0.2) is 5.82 Å². The molecule has 2 rings (SSSR count). The molecule has 5 nitrogen and oxygen atoms in total. The number of carbonyl (C=O) groups is 1. The van der Waals surface area contributed by atoms with Gasteiger partial charge in [0.2, 0.25) is 5.16 Å². The van der Waals surface area contributed by atoms with Crippen molar-refractivity contribution < 1.29 is 9.90 Å². The minimum Gasteiger partial charge on any atom is -0.480 e. The summed E-state index contributed by atoms with van der Waals surface area (Å²) in [7, 11) is 0. The second-order valence-electron chi connectivity index (χ2n) is 3.80. The van der Waals surface area contributed by atoms with E-state index < -0.39 is 11.2 Å². The Labute approximate surface area is 123 Å². The van der Waals surface area contributed by atoms with Gasteiger partial charge in [0, 0.05) is 10.0 Å². The molecular formula is C12H12BrN3O2S. The molecule has 7 heteroatoms. The molecule has 1 heterocycles. The third kappa shape index (κ3) is 3.36. The lowest BCUT2D eigenvalue weighted by Gasteiger charge is -2.04. The van der Waals surface area contributed by atoms with Crippen molar-refractivity contribution in [3.63, 3.8) is 0 Å². The van der Waals surface area contributed by atoms with Crippen LogP contribution in [0.15, 0.2) is 33.9 Å². The lowest BCUT2D eigenvalue weighted by Crippen LogP contribution is -2.14. The predicted molar refractivity (Wildman–Crippen MR) is 77.1 cm³/mol. The Kier molecular flexibility index (Phi) is 4.60. The third-order valence-electron chi connectivity index (χ3n) is 2.49. The SMILES string of the molecule is CCC(Sc1n[nH]c(-c2ccccc2Br)n1)C(=O)O. The zero-order valence-corrected chi connectivity index (χ0v) is 12.5. The van der Waals surface area contributed by atoms with Gasteiger partial charge in [-0.05, 0) is 12.5 Å². The molecule has 0 saturated heterocycles. The minimum absolute atomic E-state index is 0.444. The van der Waals surface area contributed by atoms with Crippen LogP contribution in [0.4, 0.5) is 0 Å². The van der Waals surface area contributed by atoms with Crippen LogP contribution in [0.5, 0.6) is 0 Å². The fraction of sp³-hybridized carbons (Fsp3) is 0.250. The fourth-order valence-corrected chi connectivity index (χ4v) is 2.75. The monoisotopic (exact) mass is 341 g/mol. The van der Waals surface area contributed by atoms with E-state index in [9.17, 15) is 4.79 Å². The summed E-state index contributed by atoms with van der Waals surface area (Å²) in [5, 5.41) is 15.8. The van der Waals surface area contributed by atoms with Crippen molar-refractivity contribution in [2.45, 2.75) is 23.8 Å². The Hall–Kier alpha value is -1.34. The van der Waals surface area contributed by atoms with Gasteiger partial charge in [0.1, 0.15) is 5.25 Å². The van der Waals surface area contributed by atoms with Crippen molar-refractivity contribution in [3.8, 4) is 11.4 Å². The predicted octanol–water partition coefficient (Wildman–Crippen LogP) is 3.19. The van der Waals surface area contributed by atoms with Crippen molar-refractivity contribution in [3.05, 3.63) is 28.7 Å². The van der Waals surface area contributed by atoms with Gasteiger partial charge in [-0.25, -0.2) is 4.98 Å². The molecule has 2 aromatic rings. The Morgan fingerprint density at radius 1 is 1.53 bits per heavy atom. The molecule has 1 unspecified atom stereocenters. The number of aromatic nitrogens is 3. The molecule has 2 N–H and O–H groups in total. The minimum atomic E-state index is -0.847. The average molecular weight is 342 g/mol. The van der Waals surface area contributed by atoms with Crippen molar-refractivity contribution in [2.75, 3.05) is 0 Å². The highest BCUT2D eigenvalue weighted by molar-refractivity contribution is 9.10. The fourth-order valence-electron chi connectivity index (χ4n) is 1.51. The van der Waals surface area contributed by atoms with Crippen LogP contribution in [-0.4, -0.2) is 31.5 Å². The van der Waals surface area contributed by atoms with Gasteiger partial charge >= 0.3 is 5.97 Å². The highest BCUT2D eigenvalue weighted by Gasteiger charge is 2.19. The number of thioether (sulfide) groups is 1. The van der Waals surface area contributed by atoms with Gasteiger partial charge in [-0.15, -0.1) is 5.10 Å². The maximum atomic E-state index is 11.0. The molecule has 1 atom stereocenters. The highest BCUT2D eigenvalue weighted by atomic mass is 79.9. The molecule has 0 aliphatic heterocycles. The van der Waals surface area contributed by atoms with Gasteiger partial charge in [-0.3, -0.25) is 9.89 Å². The van der Waals surface area contributed by atoms with E-state index >= 15 is 0 Å². The Morgan fingerprint density at radius 2 is 2.26 bits per heavy atom. The summed E-state index contributed by atoms with van der Waals surface area (Å²) in [6, 6.07) is 7.64. The normalized spacial score (nSPS) is 12.3. The van der Waals surface area contributed by atoms with E-state index in [1.807, 2.05) is 31.2 Å². The number of hydrogen-bond acceptors (Lipinski definition) is 4. The first-order valence-electron chi connectivity index (χ1n) is 5.68. The second-order valence-corrected chi connectivity index (χ2v) is 5.82. The smallest absolute Gasteiger partial charge is 0.317 e. The Balaban J connectivity index is 2.20. The maximum Gasteiger partial charge on any atom is 0.317 e. The zero-order valence-electron chi connectivity index (χ0n) is 10.1. The molecule has 0 aliphatic rings. The van der Waals surface area contributed by atoms with Gasteiger partial charge in [0.25, 0.3) is 0 Å². The van der Waals surface area contributed by atoms with Gasteiger partial charge in [-0.1, -0.05) is 52.8 Å². The number of carboxylic acids is 1. The second kappa shape index (κ2) is 6.21. The third-order valence-corrected chi connectivity index (χ3v) is 4.39.